The van der Waals surface area contributed by atoms with Gasteiger partial charge < -0.3 is 13.7 Å². The first-order chi connectivity index (χ1) is 55.5. The van der Waals surface area contributed by atoms with Gasteiger partial charge in [0.25, 0.3) is 0 Å². The molecule has 0 aliphatic rings. The lowest BCUT2D eigenvalue weighted by atomic mass is 9.95. The van der Waals surface area contributed by atoms with Gasteiger partial charge in [0.2, 0.25) is 5.95 Å². The van der Waals surface area contributed by atoms with Gasteiger partial charge in [0.05, 0.1) is 16.7 Å². The summed E-state index contributed by atoms with van der Waals surface area (Å²) < 4.78 is 15.5. The van der Waals surface area contributed by atoms with E-state index in [9.17, 15) is 0 Å². The van der Waals surface area contributed by atoms with Crippen molar-refractivity contribution in [3.8, 4) is 96.3 Å². The minimum Gasteiger partial charge on any atom is -0.456 e. The molecule has 0 fully saturated rings. The van der Waals surface area contributed by atoms with Crippen LogP contribution in [0.5, 0.6) is 0 Å². The molecule has 17 aromatic carbocycles. The zero-order chi connectivity index (χ0) is 74.0. The minimum atomic E-state index is 0.570. The second kappa shape index (κ2) is 27.5. The minimum absolute atomic E-state index is 0.570. The summed E-state index contributed by atoms with van der Waals surface area (Å²) in [5, 5.41) is 13.4. The second-order valence-electron chi connectivity index (χ2n) is 28.1. The van der Waals surface area contributed by atoms with Crippen molar-refractivity contribution in [2.24, 2.45) is 0 Å². The third-order valence-corrected chi connectivity index (χ3v) is 21.3. The fourth-order valence-electron chi connectivity index (χ4n) is 16.0. The van der Waals surface area contributed by atoms with Gasteiger partial charge in [-0.15, -0.1) is 0 Å². The SMILES string of the molecule is c1ccc(-c2ccc(N(c3ccc(-c4ccccc4)cc3)c3cc4oc5ccc(-c6nc(-c7ccccc7)nc(-c7ccccc7)n6)cc5c4c4ccccc34)cc2)cc1.c1ccc(-c2nc(-c3ccc4oc5cc(-c6ccccc6)c6ccccc6c5c4c3)nc(-n3c4ccccc4c4cc5ccccc5cc43)n2)cc1. The number of rotatable bonds is 12. The van der Waals surface area contributed by atoms with Crippen molar-refractivity contribution < 1.29 is 8.83 Å². The van der Waals surface area contributed by atoms with Gasteiger partial charge in [0.15, 0.2) is 29.1 Å². The van der Waals surface area contributed by atoms with Crippen LogP contribution in [0.4, 0.5) is 17.1 Å². The maximum atomic E-state index is 6.77. The maximum absolute atomic E-state index is 6.77. The number of para-hydroxylation sites is 1. The van der Waals surface area contributed by atoms with Gasteiger partial charge in [-0.25, -0.2) is 19.9 Å². The first kappa shape index (κ1) is 65.1. The van der Waals surface area contributed by atoms with Crippen molar-refractivity contribution >= 4 is 115 Å². The lowest BCUT2D eigenvalue weighted by Gasteiger charge is -2.27. The number of anilines is 3. The van der Waals surface area contributed by atoms with E-state index in [0.29, 0.717) is 35.1 Å². The van der Waals surface area contributed by atoms with Gasteiger partial charge in [0.1, 0.15) is 22.3 Å². The van der Waals surface area contributed by atoms with E-state index in [4.69, 9.17) is 38.7 Å². The molecule has 112 heavy (non-hydrogen) atoms. The maximum Gasteiger partial charge on any atom is 0.238 e. The molecule has 0 aliphatic carbocycles. The molecule has 0 spiro atoms. The van der Waals surface area contributed by atoms with E-state index < -0.39 is 0 Å². The lowest BCUT2D eigenvalue weighted by Crippen LogP contribution is -2.10. The van der Waals surface area contributed by atoms with Crippen LogP contribution >= 0.6 is 0 Å². The molecule has 10 nitrogen and oxygen atoms in total. The highest BCUT2D eigenvalue weighted by Crippen LogP contribution is 2.47. The first-order valence-electron chi connectivity index (χ1n) is 37.5. The standard InChI is InChI=1S/C55H36N4O.C47H28N4O/c1-5-15-37(16-6-1)39-25-30-44(31-26-39)59(45-32-27-40(28-33-45)38-17-7-2-8-18-38)49-36-51-52(47-24-14-13-23-46(47)49)48-35-43(29-34-50(48)60-51)55-57-53(41-19-9-3-10-20-41)56-54(58-55)42-21-11-4-12-22-42;1-3-13-29(14-4-1)37-28-43-44(36-21-10-9-19-34(36)37)39-26-33(23-24-42(39)52-43)46-48-45(30-15-5-2-6-16-30)49-47(50-46)51-40-22-12-11-20-35(40)38-25-31-17-7-8-18-32(31)27-41(38)51/h1-36H;1-28H. The Kier molecular flexibility index (Phi) is 16.0. The first-order valence-corrected chi connectivity index (χ1v) is 37.5. The van der Waals surface area contributed by atoms with Crippen LogP contribution in [0.25, 0.3) is 194 Å². The molecule has 0 saturated carbocycles. The molecule has 0 N–H and O–H groups in total. The van der Waals surface area contributed by atoms with Crippen LogP contribution in [0.15, 0.2) is 397 Å². The smallest absolute Gasteiger partial charge is 0.238 e. The molecule has 22 rings (SSSR count). The number of nitrogens with zero attached hydrogens (tertiary/aromatic N) is 8. The number of benzene rings is 17. The summed E-state index contributed by atoms with van der Waals surface area (Å²) >= 11 is 0. The second-order valence-corrected chi connectivity index (χ2v) is 28.1. The van der Waals surface area contributed by atoms with Crippen LogP contribution in [0.1, 0.15) is 0 Å². The molecule has 10 heteroatoms. The molecule has 0 aliphatic heterocycles. The molecule has 0 bridgehead atoms. The Morgan fingerprint density at radius 2 is 0.571 bits per heavy atom. The number of hydrogen-bond donors (Lipinski definition) is 0. The normalized spacial score (nSPS) is 11.6. The summed E-state index contributed by atoms with van der Waals surface area (Å²) in [6, 6.07) is 135. The summed E-state index contributed by atoms with van der Waals surface area (Å²) in [5.41, 5.74) is 20.0. The zero-order valence-electron chi connectivity index (χ0n) is 60.3. The molecule has 524 valence electrons. The van der Waals surface area contributed by atoms with Crippen molar-refractivity contribution in [2.75, 3.05) is 4.90 Å². The van der Waals surface area contributed by atoms with Crippen molar-refractivity contribution in [3.05, 3.63) is 388 Å². The van der Waals surface area contributed by atoms with E-state index in [1.165, 1.54) is 21.9 Å². The number of aromatic nitrogens is 7. The fraction of sp³-hybridized carbons (Fsp3) is 0. The Morgan fingerprint density at radius 3 is 1.07 bits per heavy atom. The van der Waals surface area contributed by atoms with Crippen LogP contribution in [0.3, 0.4) is 0 Å². The molecule has 0 radical (unpaired) electrons. The number of furan rings is 2. The molecular weight excluding hydrogens is 1370 g/mol. The third-order valence-electron chi connectivity index (χ3n) is 21.3. The van der Waals surface area contributed by atoms with Crippen molar-refractivity contribution in [2.45, 2.75) is 0 Å². The predicted molar refractivity (Wildman–Crippen MR) is 459 cm³/mol. The third kappa shape index (κ3) is 11.7. The topological polar surface area (TPSA) is 112 Å². The largest absolute Gasteiger partial charge is 0.456 e. The van der Waals surface area contributed by atoms with Crippen LogP contribution in [-0.4, -0.2) is 34.5 Å². The van der Waals surface area contributed by atoms with Crippen LogP contribution < -0.4 is 4.90 Å². The number of hydrogen-bond acceptors (Lipinski definition) is 9. The van der Waals surface area contributed by atoms with Crippen molar-refractivity contribution in [1.29, 1.82) is 0 Å². The van der Waals surface area contributed by atoms with Crippen molar-refractivity contribution in [3.63, 3.8) is 0 Å². The van der Waals surface area contributed by atoms with E-state index in [2.05, 4.69) is 282 Å². The quantitative estimate of drug-likeness (QED) is 0.118. The molecule has 5 heterocycles. The summed E-state index contributed by atoms with van der Waals surface area (Å²) in [6.07, 6.45) is 0. The van der Waals surface area contributed by atoms with Gasteiger partial charge in [0, 0.05) is 83.0 Å². The highest BCUT2D eigenvalue weighted by Gasteiger charge is 2.25. The zero-order valence-corrected chi connectivity index (χ0v) is 60.3. The Bertz CT molecular complexity index is 7200. The van der Waals surface area contributed by atoms with E-state index in [1.807, 2.05) is 115 Å². The van der Waals surface area contributed by atoms with Gasteiger partial charge >= 0.3 is 0 Å². The summed E-state index contributed by atoms with van der Waals surface area (Å²) in [6.45, 7) is 0. The van der Waals surface area contributed by atoms with Gasteiger partial charge in [-0.1, -0.05) is 297 Å². The van der Waals surface area contributed by atoms with E-state index in [0.717, 1.165) is 154 Å². The van der Waals surface area contributed by atoms with Gasteiger partial charge in [-0.05, 0) is 145 Å². The molecule has 0 unspecified atom stereocenters. The van der Waals surface area contributed by atoms with Gasteiger partial charge in [-0.3, -0.25) is 4.57 Å². The molecule has 22 aromatic rings. The Morgan fingerprint density at radius 1 is 0.214 bits per heavy atom. The van der Waals surface area contributed by atoms with Gasteiger partial charge in [-0.2, -0.15) is 9.97 Å². The Labute approximate surface area is 643 Å². The molecular formula is C102H64N8O2. The Hall–Kier alpha value is -15.3. The molecule has 0 atom stereocenters. The average molecular weight is 1430 g/mol. The highest BCUT2D eigenvalue weighted by atomic mass is 16.3. The van der Waals surface area contributed by atoms with Crippen LogP contribution in [-0.2, 0) is 0 Å². The molecule has 5 aromatic heterocycles. The van der Waals surface area contributed by atoms with E-state index in [-0.39, 0.29) is 0 Å². The number of fused-ring (bicyclic) bond motifs is 14. The Balaban J connectivity index is 0.000000143. The summed E-state index contributed by atoms with van der Waals surface area (Å²) in [4.78, 5) is 32.8. The monoisotopic (exact) mass is 1430 g/mol. The summed E-state index contributed by atoms with van der Waals surface area (Å²) in [5.74, 6) is 3.63. The van der Waals surface area contributed by atoms with Crippen LogP contribution in [0.2, 0.25) is 0 Å². The van der Waals surface area contributed by atoms with Crippen molar-refractivity contribution in [1.82, 2.24) is 34.5 Å². The van der Waals surface area contributed by atoms with E-state index >= 15 is 0 Å². The molecule has 0 amide bonds. The summed E-state index contributed by atoms with van der Waals surface area (Å²) in [7, 11) is 0. The lowest BCUT2D eigenvalue weighted by molar-refractivity contribution is 0.669. The van der Waals surface area contributed by atoms with E-state index in [1.54, 1.807) is 0 Å². The fourth-order valence-corrected chi connectivity index (χ4v) is 16.0. The molecule has 0 saturated heterocycles. The van der Waals surface area contributed by atoms with Crippen LogP contribution in [0, 0.1) is 0 Å². The average Bonchev–Trinajstić information content (AvgIpc) is 1.55. The highest BCUT2D eigenvalue weighted by molar-refractivity contribution is 6.24. The predicted octanol–water partition coefficient (Wildman–Crippen LogP) is 26.9.